The van der Waals surface area contributed by atoms with E-state index in [-0.39, 0.29) is 29.9 Å². The number of fused-ring (bicyclic) bond motifs is 1. The van der Waals surface area contributed by atoms with Crippen molar-refractivity contribution >= 4 is 40.3 Å². The van der Waals surface area contributed by atoms with Gasteiger partial charge in [-0.25, -0.2) is 0 Å². The normalized spacial score (nSPS) is 13.3. The first-order chi connectivity index (χ1) is 11.1. The zero-order valence-electron chi connectivity index (χ0n) is 12.0. The summed E-state index contributed by atoms with van der Waals surface area (Å²) in [5.41, 5.74) is 0.797. The van der Waals surface area contributed by atoms with Crippen molar-refractivity contribution in [2.24, 2.45) is 0 Å². The molecule has 0 unspecified atom stereocenters. The van der Waals surface area contributed by atoms with E-state index >= 15 is 0 Å². The molecule has 4 nitrogen and oxygen atoms in total. The fourth-order valence-corrected chi connectivity index (χ4v) is 3.18. The van der Waals surface area contributed by atoms with Gasteiger partial charge in [-0.15, -0.1) is 0 Å². The SMILES string of the molecule is O=C(CCN1C(=O)c2ccccc2C1=O)Sc1ccc(Cl)cc1. The summed E-state index contributed by atoms with van der Waals surface area (Å²) in [7, 11) is 0. The first kappa shape index (κ1) is 15.8. The van der Waals surface area contributed by atoms with E-state index in [4.69, 9.17) is 11.6 Å². The highest BCUT2D eigenvalue weighted by molar-refractivity contribution is 8.13. The molecule has 6 heteroatoms. The third kappa shape index (κ3) is 3.30. The van der Waals surface area contributed by atoms with E-state index in [1.54, 1.807) is 48.5 Å². The topological polar surface area (TPSA) is 54.5 Å². The quantitative estimate of drug-likeness (QED) is 0.627. The van der Waals surface area contributed by atoms with Gasteiger partial charge in [0.1, 0.15) is 0 Å². The van der Waals surface area contributed by atoms with Crippen molar-refractivity contribution in [3.05, 3.63) is 64.7 Å². The number of imide groups is 1. The van der Waals surface area contributed by atoms with Gasteiger partial charge in [-0.3, -0.25) is 19.3 Å². The van der Waals surface area contributed by atoms with Gasteiger partial charge in [0.25, 0.3) is 11.8 Å². The molecule has 2 amide bonds. The van der Waals surface area contributed by atoms with Crippen LogP contribution in [0.25, 0.3) is 0 Å². The van der Waals surface area contributed by atoms with Gasteiger partial charge in [0.2, 0.25) is 0 Å². The Hall–Kier alpha value is -2.11. The van der Waals surface area contributed by atoms with Crippen LogP contribution in [0.3, 0.4) is 0 Å². The van der Waals surface area contributed by atoms with Gasteiger partial charge in [0.15, 0.2) is 5.12 Å². The molecule has 1 aliphatic rings. The second-order valence-electron chi connectivity index (χ2n) is 4.99. The predicted molar refractivity (Wildman–Crippen MR) is 88.7 cm³/mol. The largest absolute Gasteiger partial charge is 0.287 e. The molecule has 0 saturated heterocycles. The zero-order chi connectivity index (χ0) is 16.4. The number of benzene rings is 2. The Labute approximate surface area is 142 Å². The molecule has 0 fully saturated rings. The number of amides is 2. The Morgan fingerprint density at radius 2 is 1.52 bits per heavy atom. The van der Waals surface area contributed by atoms with Crippen molar-refractivity contribution in [1.82, 2.24) is 4.90 Å². The summed E-state index contributed by atoms with van der Waals surface area (Å²) in [5, 5.41) is 0.497. The summed E-state index contributed by atoms with van der Waals surface area (Å²) < 4.78 is 0. The molecular formula is C17H12ClNO3S. The molecule has 1 aliphatic heterocycles. The van der Waals surface area contributed by atoms with Crippen LogP contribution in [0.4, 0.5) is 0 Å². The third-order valence-corrected chi connectivity index (χ3v) is 4.65. The van der Waals surface area contributed by atoms with Crippen LogP contribution in [0.5, 0.6) is 0 Å². The van der Waals surface area contributed by atoms with E-state index in [2.05, 4.69) is 0 Å². The Morgan fingerprint density at radius 3 is 2.09 bits per heavy atom. The molecule has 23 heavy (non-hydrogen) atoms. The molecule has 2 aromatic carbocycles. The maximum absolute atomic E-state index is 12.2. The van der Waals surface area contributed by atoms with Gasteiger partial charge in [-0.2, -0.15) is 0 Å². The van der Waals surface area contributed by atoms with Crippen LogP contribution in [-0.4, -0.2) is 28.4 Å². The van der Waals surface area contributed by atoms with Crippen LogP contribution in [0.2, 0.25) is 5.02 Å². The smallest absolute Gasteiger partial charge is 0.261 e. The number of nitrogens with zero attached hydrogens (tertiary/aromatic N) is 1. The molecule has 2 aromatic rings. The monoisotopic (exact) mass is 345 g/mol. The van der Waals surface area contributed by atoms with Crippen molar-refractivity contribution in [2.75, 3.05) is 6.54 Å². The molecule has 1 heterocycles. The standard InChI is InChI=1S/C17H12ClNO3S/c18-11-5-7-12(8-6-11)23-15(20)9-10-19-16(21)13-3-1-2-4-14(13)17(19)22/h1-8H,9-10H2. The number of carbonyl (C=O) groups is 3. The van der Waals surface area contributed by atoms with Crippen LogP contribution in [-0.2, 0) is 4.79 Å². The fraction of sp³-hybridized carbons (Fsp3) is 0.118. The van der Waals surface area contributed by atoms with E-state index in [0.29, 0.717) is 16.1 Å². The van der Waals surface area contributed by atoms with Gasteiger partial charge in [0.05, 0.1) is 11.1 Å². The minimum atomic E-state index is -0.338. The van der Waals surface area contributed by atoms with Crippen LogP contribution >= 0.6 is 23.4 Å². The molecular weight excluding hydrogens is 334 g/mol. The summed E-state index contributed by atoms with van der Waals surface area (Å²) in [4.78, 5) is 38.3. The lowest BCUT2D eigenvalue weighted by atomic mass is 10.1. The lowest BCUT2D eigenvalue weighted by Gasteiger charge is -2.12. The van der Waals surface area contributed by atoms with E-state index in [1.807, 2.05) is 0 Å². The molecule has 0 radical (unpaired) electrons. The number of hydrogen-bond donors (Lipinski definition) is 0. The summed E-state index contributed by atoms with van der Waals surface area (Å²) in [6.45, 7) is 0.0891. The summed E-state index contributed by atoms with van der Waals surface area (Å²) in [5.74, 6) is -0.676. The van der Waals surface area contributed by atoms with E-state index in [0.717, 1.165) is 21.6 Å². The Balaban J connectivity index is 1.61. The fourth-order valence-electron chi connectivity index (χ4n) is 2.33. The maximum atomic E-state index is 12.2. The van der Waals surface area contributed by atoms with E-state index in [1.165, 1.54) is 0 Å². The Kier molecular flexibility index (Phi) is 4.50. The minimum Gasteiger partial charge on any atom is -0.287 e. The summed E-state index contributed by atoms with van der Waals surface area (Å²) in [6.07, 6.45) is 0.110. The lowest BCUT2D eigenvalue weighted by molar-refractivity contribution is -0.111. The number of carbonyl (C=O) groups excluding carboxylic acids is 3. The van der Waals surface area contributed by atoms with Crippen molar-refractivity contribution in [2.45, 2.75) is 11.3 Å². The van der Waals surface area contributed by atoms with Gasteiger partial charge in [0, 0.05) is 22.9 Å². The van der Waals surface area contributed by atoms with Gasteiger partial charge < -0.3 is 0 Å². The van der Waals surface area contributed by atoms with Gasteiger partial charge >= 0.3 is 0 Å². The molecule has 0 bridgehead atoms. The van der Waals surface area contributed by atoms with Gasteiger partial charge in [-0.1, -0.05) is 35.5 Å². The first-order valence-electron chi connectivity index (χ1n) is 6.98. The van der Waals surface area contributed by atoms with E-state index in [9.17, 15) is 14.4 Å². The van der Waals surface area contributed by atoms with Crippen molar-refractivity contribution in [1.29, 1.82) is 0 Å². The van der Waals surface area contributed by atoms with Crippen LogP contribution in [0.15, 0.2) is 53.4 Å². The molecule has 0 aliphatic carbocycles. The first-order valence-corrected chi connectivity index (χ1v) is 8.17. The zero-order valence-corrected chi connectivity index (χ0v) is 13.6. The second-order valence-corrected chi connectivity index (χ2v) is 6.55. The molecule has 0 saturated carbocycles. The molecule has 0 aromatic heterocycles. The maximum Gasteiger partial charge on any atom is 0.261 e. The molecule has 0 spiro atoms. The molecule has 0 atom stereocenters. The van der Waals surface area contributed by atoms with Crippen LogP contribution < -0.4 is 0 Å². The lowest BCUT2D eigenvalue weighted by Crippen LogP contribution is -2.31. The van der Waals surface area contributed by atoms with Gasteiger partial charge in [-0.05, 0) is 36.4 Å². The number of rotatable bonds is 4. The second kappa shape index (κ2) is 6.56. The Bertz CT molecular complexity index is 754. The van der Waals surface area contributed by atoms with Crippen LogP contribution in [0.1, 0.15) is 27.1 Å². The number of halogens is 1. The predicted octanol–water partition coefficient (Wildman–Crippen LogP) is 3.65. The van der Waals surface area contributed by atoms with Crippen LogP contribution in [0, 0.1) is 0 Å². The minimum absolute atomic E-state index is 0.0891. The average molecular weight is 346 g/mol. The third-order valence-electron chi connectivity index (χ3n) is 3.46. The highest BCUT2D eigenvalue weighted by Crippen LogP contribution is 2.25. The van der Waals surface area contributed by atoms with Crippen molar-refractivity contribution < 1.29 is 14.4 Å². The molecule has 0 N–H and O–H groups in total. The highest BCUT2D eigenvalue weighted by Gasteiger charge is 2.34. The Morgan fingerprint density at radius 1 is 0.957 bits per heavy atom. The highest BCUT2D eigenvalue weighted by atomic mass is 35.5. The number of thioether (sulfide) groups is 1. The molecule has 116 valence electrons. The summed E-state index contributed by atoms with van der Waals surface area (Å²) in [6, 6.07) is 13.6. The number of hydrogen-bond acceptors (Lipinski definition) is 4. The summed E-state index contributed by atoms with van der Waals surface area (Å²) >= 11 is 6.87. The average Bonchev–Trinajstić information content (AvgIpc) is 2.80. The van der Waals surface area contributed by atoms with Crippen molar-refractivity contribution in [3.8, 4) is 0 Å². The molecule has 3 rings (SSSR count). The van der Waals surface area contributed by atoms with E-state index < -0.39 is 0 Å². The van der Waals surface area contributed by atoms with Crippen molar-refractivity contribution in [3.63, 3.8) is 0 Å².